The third kappa shape index (κ3) is 26.3. The van der Waals surface area contributed by atoms with Gasteiger partial charge in [0, 0.05) is 81.9 Å². The molecule has 0 aromatic heterocycles. The average molecular weight is 1440 g/mol. The van der Waals surface area contributed by atoms with Gasteiger partial charge < -0.3 is 70.3 Å². The minimum absolute atomic E-state index is 0.00285. The van der Waals surface area contributed by atoms with Gasteiger partial charge in [-0.25, -0.2) is 0 Å². The molecule has 5 N–H and O–H groups in total. The molecular weight excluding hydrogens is 1320 g/mol. The first-order valence-electron chi connectivity index (χ1n) is 37.1. The number of hydrogen-bond acceptors (Lipinski definition) is 14. The summed E-state index contributed by atoms with van der Waals surface area (Å²) in [7, 11) is 10.0. The molecule has 2 fully saturated rings. The molecule has 103 heavy (non-hydrogen) atoms. The summed E-state index contributed by atoms with van der Waals surface area (Å²) in [4.78, 5) is 191. The zero-order valence-electron chi connectivity index (χ0n) is 65.1. The third-order valence-electron chi connectivity index (χ3n) is 19.8. The summed E-state index contributed by atoms with van der Waals surface area (Å²) >= 11 is 0. The Labute approximate surface area is 612 Å². The quantitative estimate of drug-likeness (QED) is 0.106. The molecule has 2 saturated heterocycles. The number of amides is 12. The fraction of sp³-hybridized carbons (Fsp3) is 0.688. The largest absolute Gasteiger partial charge is 0.391 e. The molecule has 2 aliphatic rings. The molecule has 0 aliphatic carbocycles. The van der Waals surface area contributed by atoms with Crippen molar-refractivity contribution < 1.29 is 67.4 Å². The van der Waals surface area contributed by atoms with Crippen LogP contribution in [0.4, 0.5) is 0 Å². The molecule has 2 aliphatic heterocycles. The van der Waals surface area contributed by atoms with Crippen LogP contribution >= 0.6 is 0 Å². The van der Waals surface area contributed by atoms with E-state index in [1.165, 1.54) is 80.8 Å². The van der Waals surface area contributed by atoms with Crippen LogP contribution in [0.25, 0.3) is 0 Å². The number of likely N-dealkylation sites (N-methyl/N-ethyl adjacent to an activating group) is 7. The second-order valence-corrected chi connectivity index (χ2v) is 30.4. The molecule has 0 bridgehead atoms. The van der Waals surface area contributed by atoms with Crippen molar-refractivity contribution in [3.63, 3.8) is 0 Å². The minimum Gasteiger partial charge on any atom is -0.391 e. The number of hydrogen-bond donors (Lipinski definition) is 5. The maximum absolute atomic E-state index is 15.7. The fourth-order valence-electron chi connectivity index (χ4n) is 13.3. The summed E-state index contributed by atoms with van der Waals surface area (Å²) in [6, 6.07) is 5.22. The Kier molecular flexibility index (Phi) is 35.7. The van der Waals surface area contributed by atoms with Crippen molar-refractivity contribution in [1.29, 1.82) is 0 Å². The van der Waals surface area contributed by atoms with Crippen molar-refractivity contribution in [2.45, 2.75) is 233 Å². The van der Waals surface area contributed by atoms with Gasteiger partial charge in [0.2, 0.25) is 70.9 Å². The van der Waals surface area contributed by atoms with Gasteiger partial charge in [0.1, 0.15) is 60.4 Å². The van der Waals surface area contributed by atoms with Crippen molar-refractivity contribution in [2.75, 3.05) is 82.2 Å². The van der Waals surface area contributed by atoms with Gasteiger partial charge in [-0.05, 0) is 112 Å². The summed E-state index contributed by atoms with van der Waals surface area (Å²) in [5, 5.41) is 21.6. The summed E-state index contributed by atoms with van der Waals surface area (Å²) in [5.74, 6) is -9.35. The second kappa shape index (κ2) is 42.1. The van der Waals surface area contributed by atoms with E-state index < -0.39 is 156 Å². The lowest BCUT2D eigenvalue weighted by molar-refractivity contribution is -0.151. The van der Waals surface area contributed by atoms with Crippen LogP contribution < -0.4 is 21.3 Å². The van der Waals surface area contributed by atoms with Crippen molar-refractivity contribution in [3.8, 4) is 0 Å². The van der Waals surface area contributed by atoms with Gasteiger partial charge >= 0.3 is 0 Å². The molecule has 0 unspecified atom stereocenters. The van der Waals surface area contributed by atoms with Crippen LogP contribution in [0.5, 0.6) is 0 Å². The van der Waals surface area contributed by atoms with E-state index in [1.807, 2.05) is 74.4 Å². The number of carbonyl (C=O) groups excluding carboxylic acids is 12. The zero-order chi connectivity index (χ0) is 77.3. The highest BCUT2D eigenvalue weighted by atomic mass is 16.5. The van der Waals surface area contributed by atoms with E-state index in [0.29, 0.717) is 43.5 Å². The average Bonchev–Trinajstić information content (AvgIpc) is 0.840. The van der Waals surface area contributed by atoms with E-state index in [4.69, 9.17) is 4.74 Å². The van der Waals surface area contributed by atoms with E-state index in [0.717, 1.165) is 16.2 Å². The number of carbonyl (C=O) groups is 12. The fourth-order valence-corrected chi connectivity index (χ4v) is 13.3. The first kappa shape index (κ1) is 87.4. The highest BCUT2D eigenvalue weighted by Gasteiger charge is 2.44. The van der Waals surface area contributed by atoms with Crippen molar-refractivity contribution in [3.05, 3.63) is 71.8 Å². The highest BCUT2D eigenvalue weighted by Crippen LogP contribution is 2.25. The topological polar surface area (TPSA) is 308 Å². The van der Waals surface area contributed by atoms with Gasteiger partial charge in [0.05, 0.1) is 25.7 Å². The van der Waals surface area contributed by atoms with Gasteiger partial charge in [0.15, 0.2) is 0 Å². The van der Waals surface area contributed by atoms with Gasteiger partial charge in [-0.3, -0.25) is 57.5 Å². The first-order valence-corrected chi connectivity index (χ1v) is 37.1. The zero-order valence-corrected chi connectivity index (χ0v) is 65.1. The lowest BCUT2D eigenvalue weighted by atomic mass is 9.94. The van der Waals surface area contributed by atoms with Gasteiger partial charge in [-0.2, -0.15) is 0 Å². The molecule has 12 amide bonds. The smallest absolute Gasteiger partial charge is 0.246 e. The van der Waals surface area contributed by atoms with Gasteiger partial charge in [-0.15, -0.1) is 0 Å². The molecule has 4 rings (SSSR count). The molecule has 2 heterocycles. The summed E-state index contributed by atoms with van der Waals surface area (Å²) in [5.41, 5.74) is 1.35. The number of nitrogens with one attached hydrogen (secondary N) is 4. The van der Waals surface area contributed by atoms with E-state index in [2.05, 4.69) is 21.3 Å². The molecule has 0 spiro atoms. The summed E-state index contributed by atoms with van der Waals surface area (Å²) < 4.78 is 5.67. The molecule has 2 aromatic rings. The van der Waals surface area contributed by atoms with Crippen molar-refractivity contribution in [1.82, 2.24) is 60.5 Å². The predicted molar refractivity (Wildman–Crippen MR) is 395 cm³/mol. The van der Waals surface area contributed by atoms with Crippen LogP contribution in [-0.2, 0) is 75.1 Å². The summed E-state index contributed by atoms with van der Waals surface area (Å²) in [6.07, 6.45) is 1.76. The summed E-state index contributed by atoms with van der Waals surface area (Å²) in [6.45, 7) is 21.8. The first-order chi connectivity index (χ1) is 48.4. The monoisotopic (exact) mass is 1440 g/mol. The molecule has 0 saturated carbocycles. The molecule has 12 atom stereocenters. The number of ether oxygens (including phenoxy) is 1. The van der Waals surface area contributed by atoms with Gasteiger partial charge in [0.25, 0.3) is 0 Å². The van der Waals surface area contributed by atoms with Crippen LogP contribution in [0.1, 0.15) is 165 Å². The lowest BCUT2D eigenvalue weighted by Gasteiger charge is -2.39. The van der Waals surface area contributed by atoms with E-state index >= 15 is 28.8 Å². The Morgan fingerprint density at radius 1 is 0.495 bits per heavy atom. The second-order valence-electron chi connectivity index (χ2n) is 30.4. The molecule has 26 heteroatoms. The van der Waals surface area contributed by atoms with Crippen LogP contribution in [-0.4, -0.2) is 264 Å². The molecule has 0 radical (unpaired) electrons. The Bertz CT molecular complexity index is 3130. The van der Waals surface area contributed by atoms with Crippen LogP contribution in [0, 0.1) is 29.6 Å². The molecular formula is C77H124N12O14. The maximum Gasteiger partial charge on any atom is 0.246 e. The van der Waals surface area contributed by atoms with E-state index in [1.54, 1.807) is 67.3 Å². The normalized spacial score (nSPS) is 25.0. The van der Waals surface area contributed by atoms with Crippen molar-refractivity contribution in [2.24, 2.45) is 29.6 Å². The number of nitrogens with zero attached hydrogens (tertiary/aromatic N) is 8. The molecule has 2 aromatic carbocycles. The van der Waals surface area contributed by atoms with Crippen LogP contribution in [0.3, 0.4) is 0 Å². The SMILES string of the molecule is CC[C@H](C)[C@H]1C(=O)N[C@@H](CCCOC[C@@H](C)O)C(=O)N(C)CC(=O)N(C)[C@@H](CC(C)C)C(=O)N[C@H](C(=O)N2CCCCC2)CC(=O)N(C)[C@@H](C)C(=O)N[C@@H](CC(C)C)C(=O)N(C)[C@@H](CC(C)C)C(=O)N(C)[C@@H](Cc2ccccc2)C(=O)N[C@@H](CC(C)C)C(=O)N(C)[C@@H](Cc2ccccc2)C(=O)N1C. The molecule has 26 nitrogen and oxygen atoms in total. The Hall–Kier alpha value is -8.00. The van der Waals surface area contributed by atoms with Crippen molar-refractivity contribution >= 4 is 70.9 Å². The third-order valence-corrected chi connectivity index (χ3v) is 19.8. The Morgan fingerprint density at radius 3 is 1.46 bits per heavy atom. The lowest BCUT2D eigenvalue weighted by Crippen LogP contribution is -2.62. The maximum atomic E-state index is 15.7. The Morgan fingerprint density at radius 2 is 0.951 bits per heavy atom. The van der Waals surface area contributed by atoms with E-state index in [-0.39, 0.29) is 88.3 Å². The standard InChI is InChI=1S/C77H124N12O14/c1-20-52(10)67-71(96)78-57(35-30-38-103-47-53(11)90)72(97)82(13)46-66(92)84(15)61(41-50(6)7)69(94)81-60(75(100)89-36-28-23-29-37-89)45-65(91)83(14)54(12)68(93)79-58(39-48(2)3)73(98)86(17)63(42-51(8)9)76(101)85(16)62(43-55-31-24-21-25-32-55)70(95)80-59(40-49(4)5)74(99)87(18)64(77(102)88(67)19)44-56-33-26-22-27-34-56/h21-22,24-27,31-34,48-54,57-64,67,90H,20,23,28-30,35-47H2,1-19H3,(H,78,96)(H,79,93)(H,80,95)(H,81,94)/t52-,53+,54-,57-,58-,59-,60-,61-,62-,63-,64-,67-/m0/s1. The predicted octanol–water partition coefficient (Wildman–Crippen LogP) is 4.68. The number of aliphatic hydroxyl groups is 1. The number of piperidine rings is 1. The Balaban J connectivity index is 2.00. The number of likely N-dealkylation sites (tertiary alicyclic amines) is 1. The van der Waals surface area contributed by atoms with Crippen LogP contribution in [0.2, 0.25) is 0 Å². The minimum atomic E-state index is -1.46. The molecule has 576 valence electrons. The number of rotatable bonds is 21. The van der Waals surface area contributed by atoms with Gasteiger partial charge in [-0.1, -0.05) is 136 Å². The number of benzene rings is 2. The van der Waals surface area contributed by atoms with E-state index in [9.17, 15) is 33.9 Å². The highest BCUT2D eigenvalue weighted by molar-refractivity contribution is 6.00. The van der Waals surface area contributed by atoms with Crippen LogP contribution in [0.15, 0.2) is 60.7 Å². The number of aliphatic hydroxyl groups excluding tert-OH is 1.